The maximum absolute atomic E-state index is 13.4. The zero-order valence-corrected chi connectivity index (χ0v) is 21.7. The van der Waals surface area contributed by atoms with Crippen LogP contribution in [0.15, 0.2) is 65.6 Å². The molecule has 34 heavy (non-hydrogen) atoms. The van der Waals surface area contributed by atoms with Gasteiger partial charge in [-0.2, -0.15) is 0 Å². The van der Waals surface area contributed by atoms with Crippen LogP contribution in [0.1, 0.15) is 23.6 Å². The molecule has 0 saturated carbocycles. The highest BCUT2D eigenvalue weighted by Crippen LogP contribution is 2.37. The van der Waals surface area contributed by atoms with Gasteiger partial charge in [0, 0.05) is 5.69 Å². The number of benzene rings is 3. The van der Waals surface area contributed by atoms with E-state index in [-0.39, 0.29) is 23.8 Å². The number of thioether (sulfide) groups is 1. The molecule has 0 spiro atoms. The van der Waals surface area contributed by atoms with Crippen LogP contribution >= 0.6 is 34.4 Å². The summed E-state index contributed by atoms with van der Waals surface area (Å²) in [4.78, 5) is 13.1. The van der Waals surface area contributed by atoms with Crippen molar-refractivity contribution in [2.24, 2.45) is 0 Å². The maximum atomic E-state index is 13.4. The number of carbonyl (C=O) groups is 1. The van der Waals surface area contributed by atoms with Gasteiger partial charge in [0.25, 0.3) is 5.91 Å². The van der Waals surface area contributed by atoms with Crippen LogP contribution in [0.25, 0.3) is 6.08 Å². The number of methoxy groups -OCH3 is 1. The Hall–Kier alpha value is -2.72. The number of ether oxygens (including phenoxy) is 2. The minimum absolute atomic E-state index is 0.131. The molecule has 1 fully saturated rings. The number of hydrogen-bond donors (Lipinski definition) is 2. The molecule has 5 nitrogen and oxygen atoms in total. The molecule has 1 heterocycles. The summed E-state index contributed by atoms with van der Waals surface area (Å²) < 4.78 is 25.7. The van der Waals surface area contributed by atoms with Crippen LogP contribution in [0.5, 0.6) is 11.5 Å². The Bertz CT molecular complexity index is 1220. The highest BCUT2D eigenvalue weighted by molar-refractivity contribution is 14.1. The molecule has 0 aliphatic carbocycles. The first-order chi connectivity index (χ1) is 16.4. The van der Waals surface area contributed by atoms with E-state index >= 15 is 0 Å². The van der Waals surface area contributed by atoms with Crippen molar-refractivity contribution in [3.05, 3.63) is 91.6 Å². The molecule has 1 atom stereocenters. The van der Waals surface area contributed by atoms with Gasteiger partial charge in [0.15, 0.2) is 17.0 Å². The molecule has 1 amide bonds. The van der Waals surface area contributed by atoms with Crippen LogP contribution < -0.4 is 20.1 Å². The summed E-state index contributed by atoms with van der Waals surface area (Å²) in [7, 11) is 1.57. The van der Waals surface area contributed by atoms with Gasteiger partial charge in [0.05, 0.1) is 15.6 Å². The average molecular weight is 590 g/mol. The number of carbonyl (C=O) groups excluding carboxylic acids is 1. The third kappa shape index (κ3) is 6.04. The fraction of sp³-hybridized carbons (Fsp3) is 0.192. The summed E-state index contributed by atoms with van der Waals surface area (Å²) in [5.74, 6) is 0.688. The van der Waals surface area contributed by atoms with Crippen LogP contribution in [0.3, 0.4) is 0 Å². The van der Waals surface area contributed by atoms with E-state index in [1.807, 2.05) is 30.3 Å². The highest BCUT2D eigenvalue weighted by atomic mass is 127. The number of amides is 1. The minimum Gasteiger partial charge on any atom is -0.493 e. The first-order valence-electron chi connectivity index (χ1n) is 10.7. The number of anilines is 1. The van der Waals surface area contributed by atoms with Crippen LogP contribution in [0.2, 0.25) is 0 Å². The summed E-state index contributed by atoms with van der Waals surface area (Å²) in [6.07, 6.45) is 2.82. The predicted octanol–water partition coefficient (Wildman–Crippen LogP) is 6.18. The summed E-state index contributed by atoms with van der Waals surface area (Å²) >= 11 is 3.60. The molecular formula is C26H24FIN2O3S. The van der Waals surface area contributed by atoms with Gasteiger partial charge < -0.3 is 20.1 Å². The molecule has 1 aliphatic heterocycles. The second-order valence-corrected chi connectivity index (χ2v) is 9.94. The lowest BCUT2D eigenvalue weighted by atomic mass is 10.1. The average Bonchev–Trinajstić information content (AvgIpc) is 3.16. The van der Waals surface area contributed by atoms with Crippen LogP contribution in [-0.4, -0.2) is 18.5 Å². The van der Waals surface area contributed by atoms with E-state index in [1.165, 1.54) is 29.5 Å². The lowest BCUT2D eigenvalue weighted by Gasteiger charge is -2.14. The molecule has 3 aromatic carbocycles. The molecule has 3 aromatic rings. The van der Waals surface area contributed by atoms with E-state index in [0.29, 0.717) is 16.4 Å². The van der Waals surface area contributed by atoms with Gasteiger partial charge in [-0.15, -0.1) is 0 Å². The number of hydrogen-bond acceptors (Lipinski definition) is 5. The SMILES string of the molecule is CCc1ccc(N[C@H]2NC(=O)/C(=C/c3cc(I)c(OCc4cccc(F)c4)c(OC)c3)S2)cc1. The number of nitrogens with one attached hydrogen (secondary N) is 2. The monoisotopic (exact) mass is 590 g/mol. The predicted molar refractivity (Wildman–Crippen MR) is 143 cm³/mol. The van der Waals surface area contributed by atoms with Gasteiger partial charge in [0.1, 0.15) is 12.4 Å². The zero-order valence-electron chi connectivity index (χ0n) is 18.7. The van der Waals surface area contributed by atoms with Gasteiger partial charge in [0.2, 0.25) is 0 Å². The van der Waals surface area contributed by atoms with Crippen LogP contribution in [0, 0.1) is 9.39 Å². The first-order valence-corrected chi connectivity index (χ1v) is 12.7. The van der Waals surface area contributed by atoms with Crippen molar-refractivity contribution in [3.8, 4) is 11.5 Å². The topological polar surface area (TPSA) is 59.6 Å². The molecule has 0 radical (unpaired) electrons. The Morgan fingerprint density at radius 3 is 2.65 bits per heavy atom. The highest BCUT2D eigenvalue weighted by Gasteiger charge is 2.27. The maximum Gasteiger partial charge on any atom is 0.260 e. The van der Waals surface area contributed by atoms with Gasteiger partial charge in [-0.05, 0) is 88.2 Å². The molecule has 2 N–H and O–H groups in total. The molecule has 0 unspecified atom stereocenters. The van der Waals surface area contributed by atoms with E-state index in [4.69, 9.17) is 9.47 Å². The van der Waals surface area contributed by atoms with Crippen molar-refractivity contribution in [2.75, 3.05) is 12.4 Å². The van der Waals surface area contributed by atoms with E-state index in [9.17, 15) is 9.18 Å². The number of halogens is 2. The minimum atomic E-state index is -0.303. The second-order valence-electron chi connectivity index (χ2n) is 7.63. The summed E-state index contributed by atoms with van der Waals surface area (Å²) in [5.41, 5.74) is 3.52. The van der Waals surface area contributed by atoms with Gasteiger partial charge in [-0.3, -0.25) is 4.79 Å². The molecule has 1 aliphatic rings. The van der Waals surface area contributed by atoms with Crippen LogP contribution in [-0.2, 0) is 17.8 Å². The molecule has 0 bridgehead atoms. The van der Waals surface area contributed by atoms with Gasteiger partial charge >= 0.3 is 0 Å². The molecule has 176 valence electrons. The quantitative estimate of drug-likeness (QED) is 0.243. The second kappa shape index (κ2) is 11.1. The van der Waals surface area contributed by atoms with Crippen molar-refractivity contribution in [3.63, 3.8) is 0 Å². The summed E-state index contributed by atoms with van der Waals surface area (Å²) in [6.45, 7) is 2.33. The van der Waals surface area contributed by atoms with Crippen molar-refractivity contribution >= 4 is 52.0 Å². The Kier molecular flexibility index (Phi) is 7.99. The standard InChI is InChI=1S/C26H24FIN2O3S/c1-3-16-7-9-20(10-8-16)29-26-30-25(31)23(34-26)14-18-12-21(28)24(22(13-18)32-2)33-15-17-5-4-6-19(27)11-17/h4-14,26,29H,3,15H2,1-2H3,(H,30,31)/b23-14-/t26-/m0/s1. The number of rotatable bonds is 8. The normalized spacial score (nSPS) is 16.4. The third-order valence-electron chi connectivity index (χ3n) is 5.21. The summed E-state index contributed by atoms with van der Waals surface area (Å²) in [6, 6.07) is 18.2. The fourth-order valence-electron chi connectivity index (χ4n) is 3.45. The molecule has 1 saturated heterocycles. The Balaban J connectivity index is 1.47. The smallest absolute Gasteiger partial charge is 0.260 e. The fourth-order valence-corrected chi connectivity index (χ4v) is 5.22. The van der Waals surface area contributed by atoms with Crippen molar-refractivity contribution in [1.29, 1.82) is 0 Å². The first kappa shape index (κ1) is 24.4. The van der Waals surface area contributed by atoms with Crippen molar-refractivity contribution in [2.45, 2.75) is 25.4 Å². The van der Waals surface area contributed by atoms with E-state index in [1.54, 1.807) is 19.2 Å². The Morgan fingerprint density at radius 1 is 1.15 bits per heavy atom. The van der Waals surface area contributed by atoms with Crippen LogP contribution in [0.4, 0.5) is 10.1 Å². The lowest BCUT2D eigenvalue weighted by Crippen LogP contribution is -2.30. The molecular weight excluding hydrogens is 566 g/mol. The zero-order chi connectivity index (χ0) is 24.1. The van der Waals surface area contributed by atoms with E-state index in [2.05, 4.69) is 52.3 Å². The lowest BCUT2D eigenvalue weighted by molar-refractivity contribution is -0.116. The van der Waals surface area contributed by atoms with Gasteiger partial charge in [-0.1, -0.05) is 43.0 Å². The Morgan fingerprint density at radius 2 is 1.94 bits per heavy atom. The van der Waals surface area contributed by atoms with E-state index in [0.717, 1.165) is 26.8 Å². The molecule has 0 aromatic heterocycles. The van der Waals surface area contributed by atoms with Crippen molar-refractivity contribution in [1.82, 2.24) is 5.32 Å². The molecule has 8 heteroatoms. The Labute approximate surface area is 216 Å². The summed E-state index contributed by atoms with van der Waals surface area (Å²) in [5, 5.41) is 6.29. The van der Waals surface area contributed by atoms with Gasteiger partial charge in [-0.25, -0.2) is 4.39 Å². The number of aryl methyl sites for hydroxylation is 1. The van der Waals surface area contributed by atoms with Crippen molar-refractivity contribution < 1.29 is 18.7 Å². The van der Waals surface area contributed by atoms with E-state index < -0.39 is 0 Å². The molecule has 4 rings (SSSR count). The third-order valence-corrected chi connectivity index (χ3v) is 7.04. The largest absolute Gasteiger partial charge is 0.493 e.